The zero-order valence-electron chi connectivity index (χ0n) is 17.1. The molecule has 4 rings (SSSR count). The fourth-order valence-electron chi connectivity index (χ4n) is 4.23. The SMILES string of the molecule is Cc1cc(C)n(-c2ccc(NC(=O)C3CCN(C(=O)C4=CCCC4)CC3)cc2)n1. The average Bonchev–Trinajstić information content (AvgIpc) is 3.38. The van der Waals surface area contributed by atoms with Gasteiger partial charge in [0.05, 0.1) is 11.4 Å². The van der Waals surface area contributed by atoms with Gasteiger partial charge in [-0.2, -0.15) is 5.10 Å². The van der Waals surface area contributed by atoms with Crippen LogP contribution in [0.15, 0.2) is 42.0 Å². The topological polar surface area (TPSA) is 67.2 Å². The van der Waals surface area contributed by atoms with Gasteiger partial charge in [-0.3, -0.25) is 9.59 Å². The lowest BCUT2D eigenvalue weighted by molar-refractivity contribution is -0.131. The second-order valence-electron chi connectivity index (χ2n) is 8.06. The molecule has 2 amide bonds. The molecular weight excluding hydrogens is 364 g/mol. The number of hydrogen-bond acceptors (Lipinski definition) is 3. The number of allylic oxidation sites excluding steroid dienone is 1. The Morgan fingerprint density at radius 1 is 1.10 bits per heavy atom. The Bertz CT molecular complexity index is 934. The Balaban J connectivity index is 1.32. The number of hydrogen-bond donors (Lipinski definition) is 1. The average molecular weight is 393 g/mol. The number of anilines is 1. The Labute approximate surface area is 171 Å². The van der Waals surface area contributed by atoms with Crippen molar-refractivity contribution in [2.24, 2.45) is 5.92 Å². The monoisotopic (exact) mass is 392 g/mol. The van der Waals surface area contributed by atoms with Crippen LogP contribution >= 0.6 is 0 Å². The highest BCUT2D eigenvalue weighted by Gasteiger charge is 2.29. The predicted octanol–water partition coefficient (Wildman–Crippen LogP) is 3.78. The van der Waals surface area contributed by atoms with E-state index in [4.69, 9.17) is 0 Å². The van der Waals surface area contributed by atoms with Crippen LogP contribution in [0.4, 0.5) is 5.69 Å². The van der Waals surface area contributed by atoms with Crippen LogP contribution in [0.2, 0.25) is 0 Å². The molecule has 1 saturated heterocycles. The molecule has 2 aliphatic rings. The van der Waals surface area contributed by atoms with Gasteiger partial charge in [-0.1, -0.05) is 6.08 Å². The summed E-state index contributed by atoms with van der Waals surface area (Å²) in [5, 5.41) is 7.51. The summed E-state index contributed by atoms with van der Waals surface area (Å²) in [5.74, 6) is 0.157. The maximum Gasteiger partial charge on any atom is 0.249 e. The molecule has 152 valence electrons. The lowest BCUT2D eigenvalue weighted by Crippen LogP contribution is -2.41. The number of aromatic nitrogens is 2. The van der Waals surface area contributed by atoms with Gasteiger partial charge >= 0.3 is 0 Å². The van der Waals surface area contributed by atoms with Crippen LogP contribution in [0.5, 0.6) is 0 Å². The fourth-order valence-corrected chi connectivity index (χ4v) is 4.23. The van der Waals surface area contributed by atoms with Gasteiger partial charge in [0, 0.05) is 36.0 Å². The molecule has 29 heavy (non-hydrogen) atoms. The molecule has 1 fully saturated rings. The van der Waals surface area contributed by atoms with Crippen molar-refractivity contribution < 1.29 is 9.59 Å². The van der Waals surface area contributed by atoms with Crippen molar-refractivity contribution in [2.45, 2.75) is 46.0 Å². The number of carbonyl (C=O) groups is 2. The van der Waals surface area contributed by atoms with Crippen LogP contribution in [-0.4, -0.2) is 39.6 Å². The molecule has 2 heterocycles. The van der Waals surface area contributed by atoms with Crippen LogP contribution in [-0.2, 0) is 9.59 Å². The molecule has 1 aromatic heterocycles. The lowest BCUT2D eigenvalue weighted by atomic mass is 9.95. The molecular formula is C23H28N4O2. The van der Waals surface area contributed by atoms with E-state index in [9.17, 15) is 9.59 Å². The summed E-state index contributed by atoms with van der Waals surface area (Å²) < 4.78 is 1.90. The highest BCUT2D eigenvalue weighted by Crippen LogP contribution is 2.25. The van der Waals surface area contributed by atoms with Crippen LogP contribution < -0.4 is 5.32 Å². The van der Waals surface area contributed by atoms with E-state index in [2.05, 4.69) is 16.5 Å². The minimum atomic E-state index is -0.0488. The third kappa shape index (κ3) is 4.26. The van der Waals surface area contributed by atoms with E-state index in [0.29, 0.717) is 25.9 Å². The summed E-state index contributed by atoms with van der Waals surface area (Å²) in [6, 6.07) is 9.79. The molecule has 6 heteroatoms. The second-order valence-corrected chi connectivity index (χ2v) is 8.06. The van der Waals surface area contributed by atoms with Gasteiger partial charge in [0.2, 0.25) is 11.8 Å². The first-order chi connectivity index (χ1) is 14.0. The highest BCUT2D eigenvalue weighted by molar-refractivity contribution is 5.95. The van der Waals surface area contributed by atoms with Crippen LogP contribution in [0.25, 0.3) is 5.69 Å². The number of amides is 2. The second kappa shape index (κ2) is 8.23. The first-order valence-corrected chi connectivity index (χ1v) is 10.4. The molecule has 1 aliphatic heterocycles. The molecule has 0 unspecified atom stereocenters. The molecule has 0 saturated carbocycles. The van der Waals surface area contributed by atoms with E-state index in [1.807, 2.05) is 53.8 Å². The van der Waals surface area contributed by atoms with Crippen molar-refractivity contribution >= 4 is 17.5 Å². The van der Waals surface area contributed by atoms with Crippen molar-refractivity contribution in [1.29, 1.82) is 0 Å². The van der Waals surface area contributed by atoms with Crippen molar-refractivity contribution in [3.8, 4) is 5.69 Å². The number of piperidine rings is 1. The standard InChI is InChI=1S/C23H28N4O2/c1-16-15-17(2)27(25-16)21-9-7-20(8-10-21)24-22(28)18-11-13-26(14-12-18)23(29)19-5-3-4-6-19/h5,7-10,15,18H,3-4,6,11-14H2,1-2H3,(H,24,28). The normalized spacial score (nSPS) is 17.3. The molecule has 6 nitrogen and oxygen atoms in total. The van der Waals surface area contributed by atoms with Gasteiger partial charge in [-0.15, -0.1) is 0 Å². The van der Waals surface area contributed by atoms with Crippen molar-refractivity contribution in [1.82, 2.24) is 14.7 Å². The quantitative estimate of drug-likeness (QED) is 0.861. The predicted molar refractivity (Wildman–Crippen MR) is 113 cm³/mol. The van der Waals surface area contributed by atoms with Crippen LogP contribution in [0, 0.1) is 19.8 Å². The number of carbonyl (C=O) groups excluding carboxylic acids is 2. The summed E-state index contributed by atoms with van der Waals surface area (Å²) in [7, 11) is 0. The Kier molecular flexibility index (Phi) is 5.51. The highest BCUT2D eigenvalue weighted by atomic mass is 16.2. The third-order valence-electron chi connectivity index (χ3n) is 5.86. The summed E-state index contributed by atoms with van der Waals surface area (Å²) >= 11 is 0. The minimum absolute atomic E-state index is 0.0380. The van der Waals surface area contributed by atoms with Crippen molar-refractivity contribution in [3.05, 3.63) is 53.4 Å². The Hall–Kier alpha value is -2.89. The molecule has 1 N–H and O–H groups in total. The zero-order valence-corrected chi connectivity index (χ0v) is 17.1. The van der Waals surface area contributed by atoms with E-state index in [-0.39, 0.29) is 17.7 Å². The van der Waals surface area contributed by atoms with Gasteiger partial charge in [0.25, 0.3) is 0 Å². The summed E-state index contributed by atoms with van der Waals surface area (Å²) in [6.07, 6.45) is 6.49. The summed E-state index contributed by atoms with van der Waals surface area (Å²) in [6.45, 7) is 5.31. The minimum Gasteiger partial charge on any atom is -0.339 e. The molecule has 1 aliphatic carbocycles. The smallest absolute Gasteiger partial charge is 0.249 e. The van der Waals surface area contributed by atoms with E-state index in [1.165, 1.54) is 0 Å². The zero-order chi connectivity index (χ0) is 20.4. The van der Waals surface area contributed by atoms with Gasteiger partial charge < -0.3 is 10.2 Å². The molecule has 0 radical (unpaired) electrons. The lowest BCUT2D eigenvalue weighted by Gasteiger charge is -2.31. The molecule has 0 spiro atoms. The maximum absolute atomic E-state index is 12.7. The van der Waals surface area contributed by atoms with Crippen LogP contribution in [0.1, 0.15) is 43.5 Å². The molecule has 0 atom stereocenters. The fraction of sp³-hybridized carbons (Fsp3) is 0.435. The van der Waals surface area contributed by atoms with E-state index in [0.717, 1.165) is 47.6 Å². The number of likely N-dealkylation sites (tertiary alicyclic amines) is 1. The van der Waals surface area contributed by atoms with E-state index >= 15 is 0 Å². The van der Waals surface area contributed by atoms with Crippen molar-refractivity contribution in [2.75, 3.05) is 18.4 Å². The first kappa shape index (κ1) is 19.4. The summed E-state index contributed by atoms with van der Waals surface area (Å²) in [5.41, 5.74) is 4.77. The first-order valence-electron chi connectivity index (χ1n) is 10.4. The number of rotatable bonds is 4. The number of aryl methyl sites for hydroxylation is 2. The van der Waals surface area contributed by atoms with Crippen molar-refractivity contribution in [3.63, 3.8) is 0 Å². The van der Waals surface area contributed by atoms with Gasteiger partial charge in [0.1, 0.15) is 0 Å². The number of nitrogens with one attached hydrogen (secondary N) is 1. The number of nitrogens with zero attached hydrogens (tertiary/aromatic N) is 3. The number of benzene rings is 1. The van der Waals surface area contributed by atoms with E-state index < -0.39 is 0 Å². The molecule has 0 bridgehead atoms. The molecule has 1 aromatic carbocycles. The van der Waals surface area contributed by atoms with Gasteiger partial charge in [-0.05, 0) is 76.3 Å². The molecule has 2 aromatic rings. The third-order valence-corrected chi connectivity index (χ3v) is 5.86. The van der Waals surface area contributed by atoms with Crippen LogP contribution in [0.3, 0.4) is 0 Å². The maximum atomic E-state index is 12.7. The van der Waals surface area contributed by atoms with Gasteiger partial charge in [-0.25, -0.2) is 4.68 Å². The Morgan fingerprint density at radius 3 is 2.41 bits per heavy atom. The summed E-state index contributed by atoms with van der Waals surface area (Å²) in [4.78, 5) is 27.1. The van der Waals surface area contributed by atoms with Gasteiger partial charge in [0.15, 0.2) is 0 Å². The largest absolute Gasteiger partial charge is 0.339 e. The van der Waals surface area contributed by atoms with E-state index in [1.54, 1.807) is 0 Å². The Morgan fingerprint density at radius 2 is 1.83 bits per heavy atom.